The number of aromatic nitrogens is 1. The molecule has 0 saturated heterocycles. The Hall–Kier alpha value is -1.98. The fraction of sp³-hybridized carbons (Fsp3) is 0.474. The molecule has 0 bridgehead atoms. The summed E-state index contributed by atoms with van der Waals surface area (Å²) in [6.07, 6.45) is 7.90. The van der Waals surface area contributed by atoms with E-state index in [0.717, 1.165) is 17.7 Å². The summed E-state index contributed by atoms with van der Waals surface area (Å²) in [5, 5.41) is 12.0. The Morgan fingerprint density at radius 1 is 1.50 bits per heavy atom. The normalized spacial score (nSPS) is 19.4. The van der Waals surface area contributed by atoms with E-state index in [1.807, 2.05) is 32.0 Å². The van der Waals surface area contributed by atoms with Gasteiger partial charge in [-0.3, -0.25) is 15.1 Å². The van der Waals surface area contributed by atoms with Crippen LogP contribution in [0.4, 0.5) is 0 Å². The molecule has 0 aliphatic heterocycles. The number of aliphatic hydroxyl groups excluding tert-OH is 1. The Morgan fingerprint density at radius 3 is 2.83 bits per heavy atom. The molecule has 130 valence electrons. The zero-order valence-electron chi connectivity index (χ0n) is 14.6. The van der Waals surface area contributed by atoms with Crippen LogP contribution in [0.5, 0.6) is 0 Å². The molecule has 5 nitrogen and oxygen atoms in total. The molecule has 2 unspecified atom stereocenters. The first-order valence-corrected chi connectivity index (χ1v) is 8.31. The number of amides is 1. The van der Waals surface area contributed by atoms with Crippen LogP contribution in [0.3, 0.4) is 0 Å². The van der Waals surface area contributed by atoms with Crippen molar-refractivity contribution in [2.75, 3.05) is 6.73 Å². The highest BCUT2D eigenvalue weighted by atomic mass is 16.3. The predicted octanol–water partition coefficient (Wildman–Crippen LogP) is 2.24. The van der Waals surface area contributed by atoms with Gasteiger partial charge in [0.25, 0.3) is 0 Å². The van der Waals surface area contributed by atoms with Crippen molar-refractivity contribution >= 4 is 11.5 Å². The molecule has 1 heterocycles. The highest BCUT2D eigenvalue weighted by Gasteiger charge is 2.35. The van der Waals surface area contributed by atoms with Crippen molar-refractivity contribution in [3.8, 4) is 0 Å². The molecule has 1 amide bonds. The number of nitrogens with one attached hydrogen (secondary N) is 1. The molecule has 0 spiro atoms. The van der Waals surface area contributed by atoms with Gasteiger partial charge in [0.05, 0.1) is 18.5 Å². The van der Waals surface area contributed by atoms with Crippen LogP contribution in [0, 0.1) is 11.3 Å². The molecule has 0 aromatic carbocycles. The average Bonchev–Trinajstić information content (AvgIpc) is 2.52. The zero-order valence-corrected chi connectivity index (χ0v) is 14.6. The fourth-order valence-electron chi connectivity index (χ4n) is 3.33. The highest BCUT2D eigenvalue weighted by Crippen LogP contribution is 2.38. The van der Waals surface area contributed by atoms with Gasteiger partial charge >= 0.3 is 0 Å². The molecule has 1 aromatic heterocycles. The molecule has 5 heteroatoms. The summed E-state index contributed by atoms with van der Waals surface area (Å²) in [4.78, 5) is 16.3. The number of rotatable bonds is 7. The van der Waals surface area contributed by atoms with Crippen molar-refractivity contribution in [3.63, 3.8) is 0 Å². The number of primary amides is 1. The van der Waals surface area contributed by atoms with Crippen LogP contribution in [0.15, 0.2) is 42.1 Å². The molecule has 1 aliphatic carbocycles. The van der Waals surface area contributed by atoms with E-state index in [9.17, 15) is 9.90 Å². The second-order valence-corrected chi connectivity index (χ2v) is 7.10. The Kier molecular flexibility index (Phi) is 5.91. The summed E-state index contributed by atoms with van der Waals surface area (Å²) in [5.41, 5.74) is 8.32. The van der Waals surface area contributed by atoms with E-state index in [1.165, 1.54) is 5.57 Å². The van der Waals surface area contributed by atoms with E-state index in [1.54, 1.807) is 6.20 Å². The minimum atomic E-state index is -0.606. The number of nitrogens with zero attached hydrogens (tertiary/aromatic N) is 1. The van der Waals surface area contributed by atoms with Crippen LogP contribution in [-0.2, 0) is 4.79 Å². The quantitative estimate of drug-likeness (QED) is 0.669. The van der Waals surface area contributed by atoms with Gasteiger partial charge in [0.15, 0.2) is 0 Å². The molecule has 1 aromatic rings. The van der Waals surface area contributed by atoms with Gasteiger partial charge in [0, 0.05) is 6.20 Å². The number of hydrogen-bond acceptors (Lipinski definition) is 4. The molecule has 24 heavy (non-hydrogen) atoms. The lowest BCUT2D eigenvalue weighted by Crippen LogP contribution is -2.51. The van der Waals surface area contributed by atoms with Crippen molar-refractivity contribution in [1.29, 1.82) is 0 Å². The SMILES string of the molecule is CC1C=C(CC(C)(C)C(NCO)C(N)=O)C(c2ccccn2)=CC1. The molecule has 4 N–H and O–H groups in total. The van der Waals surface area contributed by atoms with E-state index >= 15 is 0 Å². The first-order valence-electron chi connectivity index (χ1n) is 8.31. The summed E-state index contributed by atoms with van der Waals surface area (Å²) >= 11 is 0. The third-order valence-corrected chi connectivity index (χ3v) is 4.47. The zero-order chi connectivity index (χ0) is 17.7. The van der Waals surface area contributed by atoms with Crippen LogP contribution >= 0.6 is 0 Å². The third kappa shape index (κ3) is 4.30. The number of pyridine rings is 1. The predicted molar refractivity (Wildman–Crippen MR) is 95.7 cm³/mol. The summed E-state index contributed by atoms with van der Waals surface area (Å²) in [6.45, 7) is 5.87. The van der Waals surface area contributed by atoms with Gasteiger partial charge in [-0.15, -0.1) is 0 Å². The maximum atomic E-state index is 11.8. The molecule has 0 radical (unpaired) electrons. The van der Waals surface area contributed by atoms with E-state index in [0.29, 0.717) is 12.3 Å². The Balaban J connectivity index is 2.30. The van der Waals surface area contributed by atoms with E-state index < -0.39 is 17.4 Å². The summed E-state index contributed by atoms with van der Waals surface area (Å²) < 4.78 is 0. The minimum absolute atomic E-state index is 0.282. The molecular formula is C19H27N3O2. The van der Waals surface area contributed by atoms with Crippen molar-refractivity contribution in [2.45, 2.75) is 39.7 Å². The van der Waals surface area contributed by atoms with Crippen molar-refractivity contribution in [1.82, 2.24) is 10.3 Å². The van der Waals surface area contributed by atoms with Gasteiger partial charge in [0.2, 0.25) is 5.91 Å². The van der Waals surface area contributed by atoms with Crippen LogP contribution in [-0.4, -0.2) is 28.8 Å². The van der Waals surface area contributed by atoms with Crippen molar-refractivity contribution in [3.05, 3.63) is 47.8 Å². The average molecular weight is 329 g/mol. The van der Waals surface area contributed by atoms with E-state index in [2.05, 4.69) is 29.4 Å². The number of allylic oxidation sites excluding steroid dienone is 4. The monoisotopic (exact) mass is 329 g/mol. The van der Waals surface area contributed by atoms with Crippen molar-refractivity contribution < 1.29 is 9.90 Å². The largest absolute Gasteiger partial charge is 0.381 e. The lowest BCUT2D eigenvalue weighted by Gasteiger charge is -2.35. The Labute approximate surface area is 143 Å². The van der Waals surface area contributed by atoms with Crippen LogP contribution in [0.2, 0.25) is 0 Å². The topological polar surface area (TPSA) is 88.2 Å². The first kappa shape index (κ1) is 18.4. The molecular weight excluding hydrogens is 302 g/mol. The number of carbonyl (C=O) groups excluding carboxylic acids is 1. The number of hydrogen-bond donors (Lipinski definition) is 3. The Morgan fingerprint density at radius 2 is 2.25 bits per heavy atom. The van der Waals surface area contributed by atoms with Gasteiger partial charge in [-0.1, -0.05) is 39.0 Å². The van der Waals surface area contributed by atoms with Gasteiger partial charge in [-0.2, -0.15) is 0 Å². The highest BCUT2D eigenvalue weighted by molar-refractivity contribution is 5.82. The lowest BCUT2D eigenvalue weighted by atomic mass is 9.74. The third-order valence-electron chi connectivity index (χ3n) is 4.47. The van der Waals surface area contributed by atoms with Gasteiger partial charge in [-0.25, -0.2) is 0 Å². The van der Waals surface area contributed by atoms with Crippen LogP contribution < -0.4 is 11.1 Å². The second kappa shape index (κ2) is 7.73. The maximum absolute atomic E-state index is 11.8. The smallest absolute Gasteiger partial charge is 0.235 e. The van der Waals surface area contributed by atoms with Gasteiger partial charge in [-0.05, 0) is 47.5 Å². The summed E-state index contributed by atoms with van der Waals surface area (Å²) in [5.74, 6) is -0.0111. The van der Waals surface area contributed by atoms with E-state index in [-0.39, 0.29) is 6.73 Å². The minimum Gasteiger partial charge on any atom is -0.381 e. The van der Waals surface area contributed by atoms with Gasteiger partial charge in [0.1, 0.15) is 0 Å². The second-order valence-electron chi connectivity index (χ2n) is 7.10. The first-order chi connectivity index (χ1) is 11.3. The maximum Gasteiger partial charge on any atom is 0.235 e. The van der Waals surface area contributed by atoms with Crippen molar-refractivity contribution in [2.24, 2.45) is 17.1 Å². The summed E-state index contributed by atoms with van der Waals surface area (Å²) in [7, 11) is 0. The molecule has 2 rings (SSSR count). The lowest BCUT2D eigenvalue weighted by molar-refractivity contribution is -0.123. The summed E-state index contributed by atoms with van der Waals surface area (Å²) in [6, 6.07) is 5.27. The molecule has 2 atom stereocenters. The van der Waals surface area contributed by atoms with E-state index in [4.69, 9.17) is 5.73 Å². The fourth-order valence-corrected chi connectivity index (χ4v) is 3.33. The number of carbonyl (C=O) groups is 1. The number of aliphatic hydroxyl groups is 1. The molecule has 1 aliphatic rings. The van der Waals surface area contributed by atoms with Crippen LogP contribution in [0.25, 0.3) is 5.57 Å². The van der Waals surface area contributed by atoms with Crippen LogP contribution in [0.1, 0.15) is 39.3 Å². The molecule has 0 fully saturated rings. The van der Waals surface area contributed by atoms with Gasteiger partial charge < -0.3 is 10.8 Å². The Bertz CT molecular complexity index is 635. The number of nitrogens with two attached hydrogens (primary N) is 1. The standard InChI is InChI=1S/C19H27N3O2/c1-13-7-8-15(16-6-4-5-9-21-16)14(10-13)11-19(2,3)17(18(20)24)22-12-23/h4-6,8-10,13,17,22-23H,7,11-12H2,1-3H3,(H2,20,24). The molecule has 0 saturated carbocycles.